The van der Waals surface area contributed by atoms with E-state index in [1.165, 1.54) is 50.4 Å². The van der Waals surface area contributed by atoms with E-state index in [4.69, 9.17) is 0 Å². The van der Waals surface area contributed by atoms with Gasteiger partial charge in [0.15, 0.2) is 0 Å². The first-order valence-corrected chi connectivity index (χ1v) is 5.57. The average molecular weight is 304 g/mol. The van der Waals surface area contributed by atoms with Gasteiger partial charge in [-0.2, -0.15) is 0 Å². The van der Waals surface area contributed by atoms with Gasteiger partial charge >= 0.3 is 68.1 Å². The van der Waals surface area contributed by atoms with Crippen LogP contribution in [0.25, 0.3) is 0 Å². The van der Waals surface area contributed by atoms with Gasteiger partial charge in [-0.1, -0.05) is 0 Å². The number of unbranched alkanes of at least 4 members (excludes halogenated alkanes) is 4. The van der Waals surface area contributed by atoms with Crippen LogP contribution < -0.4 is 24.0 Å². The Bertz CT molecular complexity index is 71.7. The van der Waals surface area contributed by atoms with E-state index in [1.54, 1.807) is 0 Å². The molecule has 0 aromatic rings. The molecule has 0 aromatic carbocycles. The van der Waals surface area contributed by atoms with Crippen LogP contribution in [-0.2, 0) is 18.3 Å². The maximum Gasteiger partial charge on any atom is -1.00 e. The monoisotopic (exact) mass is 302 g/mol. The van der Waals surface area contributed by atoms with E-state index in [-0.39, 0.29) is 24.0 Å². The molecule has 0 N–H and O–H groups in total. The molecular weight excluding hydrogens is 288 g/mol. The summed E-state index contributed by atoms with van der Waals surface area (Å²) in [6.45, 7) is 2.25. The molecule has 0 radical (unpaired) electrons. The summed E-state index contributed by atoms with van der Waals surface area (Å²) in [5.74, 6) is 0. The molecule has 0 aliphatic heterocycles. The molecule has 0 aromatic heterocycles. The second kappa shape index (κ2) is 12.7. The van der Waals surface area contributed by atoms with Crippen LogP contribution in [0, 0.1) is 0 Å². The largest absolute Gasteiger partial charge is 1.00 e. The van der Waals surface area contributed by atoms with Crippen molar-refractivity contribution in [1.82, 2.24) is 0 Å². The number of allylic oxidation sites excluding steroid dienone is 1. The summed E-state index contributed by atoms with van der Waals surface area (Å²) in [6, 6.07) is 0. The third-order valence-electron chi connectivity index (χ3n) is 1.39. The smallest absolute Gasteiger partial charge is 1.00 e. The summed E-state index contributed by atoms with van der Waals surface area (Å²) in [6.07, 6.45) is 9.18. The van der Waals surface area contributed by atoms with Gasteiger partial charge in [-0.15, -0.1) is 0 Å². The SMILES string of the molecule is CCCCCCC=[CH][Zn+].[I-]. The molecule has 0 bridgehead atoms. The Morgan fingerprint density at radius 1 is 1.20 bits per heavy atom. The summed E-state index contributed by atoms with van der Waals surface area (Å²) in [7, 11) is 0. The Balaban J connectivity index is 0. The minimum atomic E-state index is 0. The van der Waals surface area contributed by atoms with Gasteiger partial charge in [-0.25, -0.2) is 0 Å². The third kappa shape index (κ3) is 11.8. The predicted octanol–water partition coefficient (Wildman–Crippen LogP) is 0.0213. The Hall–Kier alpha value is 1.09. The van der Waals surface area contributed by atoms with Crippen LogP contribution in [0.4, 0.5) is 0 Å². The molecule has 0 spiro atoms. The summed E-state index contributed by atoms with van der Waals surface area (Å²) in [5, 5.41) is 0. The maximum atomic E-state index is 2.30. The molecule has 2 heteroatoms. The minimum Gasteiger partial charge on any atom is -1.00 e. The molecule has 0 aliphatic rings. The van der Waals surface area contributed by atoms with Crippen molar-refractivity contribution >= 4 is 0 Å². The van der Waals surface area contributed by atoms with E-state index in [0.29, 0.717) is 0 Å². The fourth-order valence-electron chi connectivity index (χ4n) is 0.807. The molecule has 0 aliphatic carbocycles. The fourth-order valence-corrected chi connectivity index (χ4v) is 1.30. The molecule has 0 heterocycles. The first-order chi connectivity index (χ1) is 4.41. The van der Waals surface area contributed by atoms with Crippen LogP contribution in [0.3, 0.4) is 0 Å². The first-order valence-electron chi connectivity index (χ1n) is 3.86. The zero-order valence-electron chi connectivity index (χ0n) is 6.78. The van der Waals surface area contributed by atoms with Crippen molar-refractivity contribution in [2.24, 2.45) is 0 Å². The van der Waals surface area contributed by atoms with Crippen molar-refractivity contribution in [1.29, 1.82) is 0 Å². The molecule has 0 atom stereocenters. The second-order valence-corrected chi connectivity index (χ2v) is 3.31. The van der Waals surface area contributed by atoms with Gasteiger partial charge in [-0.05, 0) is 0 Å². The molecule has 56 valence electrons. The van der Waals surface area contributed by atoms with Crippen molar-refractivity contribution < 1.29 is 42.3 Å². The molecule has 0 saturated carbocycles. The van der Waals surface area contributed by atoms with Crippen molar-refractivity contribution in [3.8, 4) is 0 Å². The van der Waals surface area contributed by atoms with E-state index >= 15 is 0 Å². The number of halogens is 1. The molecule has 0 fully saturated rings. The number of hydrogen-bond acceptors (Lipinski definition) is 0. The van der Waals surface area contributed by atoms with E-state index < -0.39 is 0 Å². The molecule has 0 saturated heterocycles. The molecule has 0 unspecified atom stereocenters. The summed E-state index contributed by atoms with van der Waals surface area (Å²) < 4.78 is 2.26. The number of rotatable bonds is 5. The Morgan fingerprint density at radius 3 is 2.40 bits per heavy atom. The summed E-state index contributed by atoms with van der Waals surface area (Å²) in [5.41, 5.74) is 0. The van der Waals surface area contributed by atoms with Crippen LogP contribution in [0.15, 0.2) is 10.7 Å². The van der Waals surface area contributed by atoms with Gasteiger partial charge in [-0.3, -0.25) is 0 Å². The Kier molecular flexibility index (Phi) is 17.4. The topological polar surface area (TPSA) is 0 Å². The Morgan fingerprint density at radius 2 is 1.90 bits per heavy atom. The van der Waals surface area contributed by atoms with Gasteiger partial charge in [0.05, 0.1) is 0 Å². The molecule has 0 nitrogen and oxygen atoms in total. The van der Waals surface area contributed by atoms with Crippen molar-refractivity contribution in [3.63, 3.8) is 0 Å². The molecule has 0 amide bonds. The van der Waals surface area contributed by atoms with Crippen molar-refractivity contribution in [2.75, 3.05) is 0 Å². The van der Waals surface area contributed by atoms with Gasteiger partial charge in [0.1, 0.15) is 0 Å². The summed E-state index contributed by atoms with van der Waals surface area (Å²) in [4.78, 5) is 0. The van der Waals surface area contributed by atoms with Gasteiger partial charge < -0.3 is 24.0 Å². The van der Waals surface area contributed by atoms with Gasteiger partial charge in [0.25, 0.3) is 0 Å². The van der Waals surface area contributed by atoms with Crippen LogP contribution >= 0.6 is 0 Å². The van der Waals surface area contributed by atoms with E-state index in [2.05, 4.69) is 17.7 Å². The van der Waals surface area contributed by atoms with Crippen molar-refractivity contribution in [3.05, 3.63) is 10.7 Å². The first kappa shape index (κ1) is 13.7. The standard InChI is InChI=1S/C8H15.HI.Zn/c1-3-5-7-8-6-4-2;;/h1,3H,4-8H2,2H3;1H;/q;;+1/p-1. The van der Waals surface area contributed by atoms with Gasteiger partial charge in [0, 0.05) is 0 Å². The van der Waals surface area contributed by atoms with E-state index in [0.717, 1.165) is 0 Å². The Labute approximate surface area is 91.5 Å². The normalized spacial score (nSPS) is 9.90. The van der Waals surface area contributed by atoms with E-state index in [1.807, 2.05) is 0 Å². The minimum absolute atomic E-state index is 0. The quantitative estimate of drug-likeness (QED) is 0.382. The van der Waals surface area contributed by atoms with Crippen LogP contribution in [-0.4, -0.2) is 0 Å². The second-order valence-electron chi connectivity index (χ2n) is 2.32. The molecular formula is C8H15IZn. The van der Waals surface area contributed by atoms with Gasteiger partial charge in [0.2, 0.25) is 0 Å². The van der Waals surface area contributed by atoms with Crippen LogP contribution in [0.2, 0.25) is 0 Å². The zero-order chi connectivity index (χ0) is 6.95. The average Bonchev–Trinajstić information content (AvgIpc) is 1.89. The third-order valence-corrected chi connectivity index (χ3v) is 2.09. The van der Waals surface area contributed by atoms with Crippen LogP contribution in [0.1, 0.15) is 39.0 Å². The fraction of sp³-hybridized carbons (Fsp3) is 0.750. The van der Waals surface area contributed by atoms with E-state index in [9.17, 15) is 0 Å². The predicted molar refractivity (Wildman–Crippen MR) is 37.9 cm³/mol. The molecule has 10 heavy (non-hydrogen) atoms. The maximum absolute atomic E-state index is 2.30. The van der Waals surface area contributed by atoms with Crippen molar-refractivity contribution in [2.45, 2.75) is 39.0 Å². The zero-order valence-corrected chi connectivity index (χ0v) is 11.9. The van der Waals surface area contributed by atoms with Crippen LogP contribution in [0.5, 0.6) is 0 Å². The summed E-state index contributed by atoms with van der Waals surface area (Å²) >= 11 is 1.31. The molecule has 0 rings (SSSR count). The number of hydrogen-bond donors (Lipinski definition) is 0.